The monoisotopic (exact) mass is 630 g/mol. The predicted molar refractivity (Wildman–Crippen MR) is 132 cm³/mol. The second-order valence-corrected chi connectivity index (χ2v) is 14.5. The van der Waals surface area contributed by atoms with E-state index < -0.39 is 26.2 Å². The number of rotatable bonds is 7. The standard InChI is InChI=1S/C22H21Br3N2O5/c1-13-18(20(30)32-12-22(23,24)25)19(26-21(31)27(13)11-5-10-17(28)29)16-9-4-7-14-6-2-3-8-15(14)16/h2-4,6-9,19H,5,10-12H2,1H3,(H,26,31)(H,28,29). The van der Waals surface area contributed by atoms with Gasteiger partial charge in [0.05, 0.1) is 11.6 Å². The zero-order valence-electron chi connectivity index (χ0n) is 17.1. The number of carbonyl (C=O) groups is 3. The van der Waals surface area contributed by atoms with Crippen molar-refractivity contribution in [2.45, 2.75) is 28.0 Å². The lowest BCUT2D eigenvalue weighted by Crippen LogP contribution is -2.48. The van der Waals surface area contributed by atoms with Crippen LogP contribution in [0.25, 0.3) is 10.8 Å². The van der Waals surface area contributed by atoms with Crippen molar-refractivity contribution in [2.24, 2.45) is 0 Å². The number of hydrogen-bond acceptors (Lipinski definition) is 4. The van der Waals surface area contributed by atoms with Gasteiger partial charge < -0.3 is 15.2 Å². The van der Waals surface area contributed by atoms with Crippen LogP contribution < -0.4 is 5.32 Å². The second-order valence-electron chi connectivity index (χ2n) is 7.29. The number of nitrogens with one attached hydrogen (secondary N) is 1. The normalized spacial score (nSPS) is 16.8. The number of fused-ring (bicyclic) bond motifs is 1. The number of hydrogen-bond donors (Lipinski definition) is 2. The predicted octanol–water partition coefficient (Wildman–Crippen LogP) is 5.43. The van der Waals surface area contributed by atoms with Gasteiger partial charge in [-0.1, -0.05) is 90.3 Å². The number of carboxylic acids is 1. The molecule has 10 heteroatoms. The fourth-order valence-electron chi connectivity index (χ4n) is 3.66. The zero-order valence-corrected chi connectivity index (χ0v) is 21.9. The number of esters is 1. The van der Waals surface area contributed by atoms with Crippen LogP contribution in [0, 0.1) is 0 Å². The van der Waals surface area contributed by atoms with Crippen LogP contribution in [0.2, 0.25) is 0 Å². The van der Waals surface area contributed by atoms with Crippen LogP contribution in [0.15, 0.2) is 53.7 Å². The number of aliphatic carboxylic acids is 1. The molecule has 3 rings (SSSR count). The molecule has 0 saturated heterocycles. The first kappa shape index (κ1) is 24.7. The Morgan fingerprint density at radius 1 is 1.16 bits per heavy atom. The first-order valence-corrected chi connectivity index (χ1v) is 12.2. The quantitative estimate of drug-likeness (QED) is 0.314. The molecule has 2 aromatic rings. The highest BCUT2D eigenvalue weighted by atomic mass is 80.0. The van der Waals surface area contributed by atoms with Crippen molar-refractivity contribution in [2.75, 3.05) is 13.2 Å². The molecule has 32 heavy (non-hydrogen) atoms. The average molecular weight is 633 g/mol. The SMILES string of the molecule is CC1=C(C(=O)OCC(Br)(Br)Br)C(c2cccc3ccccc23)NC(=O)N1CCCC(=O)O. The van der Waals surface area contributed by atoms with Crippen LogP contribution in [0.4, 0.5) is 4.79 Å². The van der Waals surface area contributed by atoms with E-state index in [2.05, 4.69) is 53.1 Å². The van der Waals surface area contributed by atoms with E-state index in [9.17, 15) is 14.4 Å². The maximum atomic E-state index is 13.2. The van der Waals surface area contributed by atoms with Gasteiger partial charge in [-0.05, 0) is 29.7 Å². The molecule has 0 saturated carbocycles. The Hall–Kier alpha value is -1.91. The van der Waals surface area contributed by atoms with Crippen molar-refractivity contribution < 1.29 is 24.2 Å². The van der Waals surface area contributed by atoms with Crippen molar-refractivity contribution in [3.63, 3.8) is 0 Å². The number of alkyl halides is 3. The Morgan fingerprint density at radius 3 is 2.53 bits per heavy atom. The number of ether oxygens (including phenoxy) is 1. The molecule has 1 unspecified atom stereocenters. The molecule has 7 nitrogen and oxygen atoms in total. The Bertz CT molecular complexity index is 1080. The molecule has 2 N–H and O–H groups in total. The minimum atomic E-state index is -0.944. The Morgan fingerprint density at radius 2 is 1.84 bits per heavy atom. The molecule has 2 amide bonds. The smallest absolute Gasteiger partial charge is 0.338 e. The van der Waals surface area contributed by atoms with Gasteiger partial charge in [-0.3, -0.25) is 9.69 Å². The van der Waals surface area contributed by atoms with E-state index in [0.717, 1.165) is 16.3 Å². The minimum absolute atomic E-state index is 0.0160. The van der Waals surface area contributed by atoms with E-state index in [1.165, 1.54) is 4.90 Å². The van der Waals surface area contributed by atoms with E-state index in [0.29, 0.717) is 11.3 Å². The van der Waals surface area contributed by atoms with Crippen LogP contribution in [-0.2, 0) is 14.3 Å². The van der Waals surface area contributed by atoms with Crippen LogP contribution >= 0.6 is 47.8 Å². The highest BCUT2D eigenvalue weighted by Gasteiger charge is 2.37. The number of amides is 2. The van der Waals surface area contributed by atoms with E-state index in [-0.39, 0.29) is 26.0 Å². The van der Waals surface area contributed by atoms with Gasteiger partial charge >= 0.3 is 18.0 Å². The number of carboxylic acid groups (broad SMARTS) is 1. The summed E-state index contributed by atoms with van der Waals surface area (Å²) in [7, 11) is 0. The fraction of sp³-hybridized carbons (Fsp3) is 0.318. The van der Waals surface area contributed by atoms with Gasteiger partial charge in [-0.2, -0.15) is 0 Å². The number of urea groups is 1. The Kier molecular flexibility index (Phi) is 8.00. The number of nitrogens with zero attached hydrogens (tertiary/aromatic N) is 1. The van der Waals surface area contributed by atoms with Crippen molar-refractivity contribution in [3.8, 4) is 0 Å². The largest absolute Gasteiger partial charge is 0.481 e. The molecule has 0 aromatic heterocycles. The molecule has 1 aliphatic heterocycles. The van der Waals surface area contributed by atoms with Crippen LogP contribution in [-0.4, -0.2) is 43.3 Å². The Balaban J connectivity index is 2.04. The molecule has 0 radical (unpaired) electrons. The van der Waals surface area contributed by atoms with Gasteiger partial charge in [-0.15, -0.1) is 0 Å². The summed E-state index contributed by atoms with van der Waals surface area (Å²) in [6, 6.07) is 12.3. The maximum absolute atomic E-state index is 13.2. The molecular formula is C22H21Br3N2O5. The molecule has 1 heterocycles. The van der Waals surface area contributed by atoms with Crippen LogP contribution in [0.3, 0.4) is 0 Å². The lowest BCUT2D eigenvalue weighted by Gasteiger charge is -2.36. The zero-order chi connectivity index (χ0) is 23.5. The molecule has 1 aliphatic rings. The maximum Gasteiger partial charge on any atom is 0.338 e. The van der Waals surface area contributed by atoms with Gasteiger partial charge in [0.25, 0.3) is 0 Å². The van der Waals surface area contributed by atoms with Crippen molar-refractivity contribution in [1.82, 2.24) is 10.2 Å². The van der Waals surface area contributed by atoms with Gasteiger partial charge in [0.1, 0.15) is 6.61 Å². The minimum Gasteiger partial charge on any atom is -0.481 e. The molecule has 0 bridgehead atoms. The molecule has 2 aromatic carbocycles. The van der Waals surface area contributed by atoms with Crippen LogP contribution in [0.1, 0.15) is 31.4 Å². The molecule has 0 spiro atoms. The summed E-state index contributed by atoms with van der Waals surface area (Å²) < 4.78 is 4.72. The lowest BCUT2D eigenvalue weighted by atomic mass is 9.91. The molecule has 170 valence electrons. The first-order valence-electron chi connectivity index (χ1n) is 9.80. The third kappa shape index (κ3) is 5.90. The topological polar surface area (TPSA) is 95.9 Å². The van der Waals surface area contributed by atoms with E-state index in [1.54, 1.807) is 6.92 Å². The number of benzene rings is 2. The number of halogens is 3. The second kappa shape index (κ2) is 10.4. The average Bonchev–Trinajstić information content (AvgIpc) is 2.73. The summed E-state index contributed by atoms with van der Waals surface area (Å²) in [5, 5.41) is 13.7. The van der Waals surface area contributed by atoms with Crippen molar-refractivity contribution in [1.29, 1.82) is 0 Å². The summed E-state index contributed by atoms with van der Waals surface area (Å²) >= 11 is 9.94. The summed E-state index contributed by atoms with van der Waals surface area (Å²) in [4.78, 5) is 38.4. The summed E-state index contributed by atoms with van der Waals surface area (Å²) in [6.45, 7) is 1.83. The van der Waals surface area contributed by atoms with E-state index in [4.69, 9.17) is 9.84 Å². The fourth-order valence-corrected chi connectivity index (χ4v) is 4.01. The molecule has 0 aliphatic carbocycles. The van der Waals surface area contributed by atoms with Gasteiger partial charge in [0.2, 0.25) is 0 Å². The van der Waals surface area contributed by atoms with Gasteiger partial charge in [0, 0.05) is 18.7 Å². The molecule has 1 atom stereocenters. The highest BCUT2D eigenvalue weighted by molar-refractivity contribution is 9.39. The van der Waals surface area contributed by atoms with Gasteiger partial charge in [0.15, 0.2) is 2.14 Å². The summed E-state index contributed by atoms with van der Waals surface area (Å²) in [5.41, 5.74) is 1.51. The van der Waals surface area contributed by atoms with Gasteiger partial charge in [-0.25, -0.2) is 9.59 Å². The highest BCUT2D eigenvalue weighted by Crippen LogP contribution is 2.37. The number of allylic oxidation sites excluding steroid dienone is 1. The van der Waals surface area contributed by atoms with Crippen molar-refractivity contribution >= 4 is 76.5 Å². The van der Waals surface area contributed by atoms with Crippen LogP contribution in [0.5, 0.6) is 0 Å². The first-order chi connectivity index (χ1) is 15.1. The number of carbonyl (C=O) groups excluding carboxylic acids is 2. The van der Waals surface area contributed by atoms with E-state index >= 15 is 0 Å². The molecule has 0 fully saturated rings. The van der Waals surface area contributed by atoms with E-state index in [1.807, 2.05) is 42.5 Å². The molecular weight excluding hydrogens is 612 g/mol. The lowest BCUT2D eigenvalue weighted by molar-refractivity contribution is -0.139. The summed E-state index contributed by atoms with van der Waals surface area (Å²) in [5.74, 6) is -1.52. The Labute approximate surface area is 210 Å². The third-order valence-electron chi connectivity index (χ3n) is 5.09. The summed E-state index contributed by atoms with van der Waals surface area (Å²) in [6.07, 6.45) is 0.178. The van der Waals surface area contributed by atoms with Crippen molar-refractivity contribution in [3.05, 3.63) is 59.3 Å². The third-order valence-corrected chi connectivity index (χ3v) is 5.78.